The summed E-state index contributed by atoms with van der Waals surface area (Å²) in [6.45, 7) is 0.206. The zero-order valence-electron chi connectivity index (χ0n) is 11.8. The van der Waals surface area contributed by atoms with E-state index in [0.29, 0.717) is 5.75 Å². The molecule has 6 heteroatoms. The molecular weight excluding hydrogens is 310 g/mol. The number of hydrogen-bond acceptors (Lipinski definition) is 3. The molecule has 0 aliphatic rings. The van der Waals surface area contributed by atoms with Crippen LogP contribution in [0, 0.1) is 0 Å². The Labute approximate surface area is 130 Å². The molecule has 0 fully saturated rings. The lowest BCUT2D eigenvalue weighted by atomic mass is 10.2. The fourth-order valence-electron chi connectivity index (χ4n) is 1.98. The number of methoxy groups -OCH3 is 1. The van der Waals surface area contributed by atoms with E-state index in [1.165, 1.54) is 17.4 Å². The summed E-state index contributed by atoms with van der Waals surface area (Å²) in [4.78, 5) is 0.101. The van der Waals surface area contributed by atoms with Crippen molar-refractivity contribution >= 4 is 21.6 Å². The van der Waals surface area contributed by atoms with Crippen molar-refractivity contribution in [2.45, 2.75) is 11.4 Å². The molecule has 2 rings (SSSR count). The number of halogens is 1. The minimum absolute atomic E-state index is 0.101. The van der Waals surface area contributed by atoms with Crippen LogP contribution < -0.4 is 4.74 Å². The van der Waals surface area contributed by atoms with Gasteiger partial charge in [0.05, 0.1) is 12.1 Å². The quantitative estimate of drug-likeness (QED) is 0.848. The number of hydrogen-bond donors (Lipinski definition) is 0. The predicted molar refractivity (Wildman–Crippen MR) is 83.1 cm³/mol. The van der Waals surface area contributed by atoms with E-state index in [1.807, 2.05) is 18.2 Å². The van der Waals surface area contributed by atoms with Crippen molar-refractivity contribution in [3.05, 3.63) is 59.1 Å². The summed E-state index contributed by atoms with van der Waals surface area (Å²) in [5.41, 5.74) is 0.790. The first-order valence-corrected chi connectivity index (χ1v) is 8.11. The van der Waals surface area contributed by atoms with E-state index in [0.717, 1.165) is 5.56 Å². The van der Waals surface area contributed by atoms with Crippen LogP contribution in [0.1, 0.15) is 5.56 Å². The first kappa shape index (κ1) is 15.8. The molecule has 0 aliphatic carbocycles. The van der Waals surface area contributed by atoms with Gasteiger partial charge in [0.1, 0.15) is 10.6 Å². The molecule has 0 spiro atoms. The third-order valence-corrected chi connectivity index (χ3v) is 5.41. The molecule has 0 radical (unpaired) electrons. The summed E-state index contributed by atoms with van der Waals surface area (Å²) in [6, 6.07) is 13.7. The lowest BCUT2D eigenvalue weighted by molar-refractivity contribution is 0.398. The van der Waals surface area contributed by atoms with E-state index < -0.39 is 10.0 Å². The number of para-hydroxylation sites is 1. The van der Waals surface area contributed by atoms with Gasteiger partial charge < -0.3 is 4.74 Å². The fraction of sp³-hybridized carbons (Fsp3) is 0.200. The first-order valence-electron chi connectivity index (χ1n) is 6.29. The third kappa shape index (κ3) is 3.37. The highest BCUT2D eigenvalue weighted by atomic mass is 35.5. The van der Waals surface area contributed by atoms with Gasteiger partial charge in [-0.2, -0.15) is 4.31 Å². The summed E-state index contributed by atoms with van der Waals surface area (Å²) in [5.74, 6) is 0.652. The predicted octanol–water partition coefficient (Wildman–Crippen LogP) is 3.17. The average Bonchev–Trinajstić information content (AvgIpc) is 2.48. The van der Waals surface area contributed by atoms with Crippen molar-refractivity contribution in [2.24, 2.45) is 0 Å². The van der Waals surface area contributed by atoms with Crippen LogP contribution in [0.5, 0.6) is 5.75 Å². The molecule has 0 saturated heterocycles. The maximum atomic E-state index is 12.6. The second-order valence-electron chi connectivity index (χ2n) is 4.50. The third-order valence-electron chi connectivity index (χ3n) is 3.11. The van der Waals surface area contributed by atoms with Gasteiger partial charge in [-0.25, -0.2) is 8.42 Å². The zero-order valence-corrected chi connectivity index (χ0v) is 13.4. The van der Waals surface area contributed by atoms with Crippen LogP contribution >= 0.6 is 11.6 Å². The van der Waals surface area contributed by atoms with Gasteiger partial charge in [-0.15, -0.1) is 0 Å². The summed E-state index contributed by atoms with van der Waals surface area (Å²) in [6.07, 6.45) is 0. The first-order chi connectivity index (χ1) is 9.96. The summed E-state index contributed by atoms with van der Waals surface area (Å²) in [5, 5.41) is 0.212. The Kier molecular flexibility index (Phi) is 4.88. The number of rotatable bonds is 5. The molecule has 112 valence electrons. The van der Waals surface area contributed by atoms with Gasteiger partial charge in [0.25, 0.3) is 0 Å². The normalized spacial score (nSPS) is 11.6. The van der Waals surface area contributed by atoms with Gasteiger partial charge in [-0.3, -0.25) is 0 Å². The number of ether oxygens (including phenoxy) is 1. The van der Waals surface area contributed by atoms with E-state index >= 15 is 0 Å². The zero-order chi connectivity index (χ0) is 15.5. The van der Waals surface area contributed by atoms with Crippen molar-refractivity contribution in [1.29, 1.82) is 0 Å². The molecule has 0 bridgehead atoms. The topological polar surface area (TPSA) is 46.6 Å². The second kappa shape index (κ2) is 6.47. The van der Waals surface area contributed by atoms with Crippen molar-refractivity contribution in [3.8, 4) is 5.75 Å². The van der Waals surface area contributed by atoms with Crippen LogP contribution in [0.3, 0.4) is 0 Å². The SMILES string of the molecule is COc1ccccc1CN(C)S(=O)(=O)c1ccccc1Cl. The van der Waals surface area contributed by atoms with Gasteiger partial charge in [0, 0.05) is 19.2 Å². The van der Waals surface area contributed by atoms with Crippen LogP contribution in [0.2, 0.25) is 5.02 Å². The van der Waals surface area contributed by atoms with Gasteiger partial charge in [0.15, 0.2) is 0 Å². The van der Waals surface area contributed by atoms with Gasteiger partial charge in [0.2, 0.25) is 10.0 Å². The van der Waals surface area contributed by atoms with Crippen LogP contribution in [0.4, 0.5) is 0 Å². The lowest BCUT2D eigenvalue weighted by Gasteiger charge is -2.19. The second-order valence-corrected chi connectivity index (χ2v) is 6.92. The molecular formula is C15H16ClNO3S. The highest BCUT2D eigenvalue weighted by Gasteiger charge is 2.24. The van der Waals surface area contributed by atoms with Gasteiger partial charge in [-0.1, -0.05) is 41.9 Å². The van der Waals surface area contributed by atoms with Crippen molar-refractivity contribution in [3.63, 3.8) is 0 Å². The Morgan fingerprint density at radius 1 is 1.10 bits per heavy atom. The molecule has 0 N–H and O–H groups in total. The Hall–Kier alpha value is -1.56. The number of benzene rings is 2. The highest BCUT2D eigenvalue weighted by molar-refractivity contribution is 7.89. The highest BCUT2D eigenvalue weighted by Crippen LogP contribution is 2.26. The van der Waals surface area contributed by atoms with E-state index in [1.54, 1.807) is 31.4 Å². The monoisotopic (exact) mass is 325 g/mol. The summed E-state index contributed by atoms with van der Waals surface area (Å²) >= 11 is 5.98. The molecule has 0 heterocycles. The number of nitrogens with zero attached hydrogens (tertiary/aromatic N) is 1. The van der Waals surface area contributed by atoms with Crippen molar-refractivity contribution in [2.75, 3.05) is 14.2 Å². The molecule has 2 aromatic carbocycles. The maximum absolute atomic E-state index is 12.6. The standard InChI is InChI=1S/C15H16ClNO3S/c1-17(11-12-7-3-5-9-14(12)20-2)21(18,19)15-10-6-4-8-13(15)16/h3-10H,11H2,1-2H3. The summed E-state index contributed by atoms with van der Waals surface area (Å²) in [7, 11) is -0.571. The van der Waals surface area contributed by atoms with Crippen molar-refractivity contribution in [1.82, 2.24) is 4.31 Å². The van der Waals surface area contributed by atoms with Crippen LogP contribution in [0.15, 0.2) is 53.4 Å². The molecule has 2 aromatic rings. The minimum Gasteiger partial charge on any atom is -0.496 e. The van der Waals surface area contributed by atoms with Crippen LogP contribution in [0.25, 0.3) is 0 Å². The Bertz CT molecular complexity index is 731. The number of sulfonamides is 1. The average molecular weight is 326 g/mol. The van der Waals surface area contributed by atoms with E-state index in [9.17, 15) is 8.42 Å². The Morgan fingerprint density at radius 3 is 2.38 bits per heavy atom. The lowest BCUT2D eigenvalue weighted by Crippen LogP contribution is -2.27. The fourth-order valence-corrected chi connectivity index (χ4v) is 3.62. The molecule has 0 aromatic heterocycles. The van der Waals surface area contributed by atoms with Crippen LogP contribution in [-0.2, 0) is 16.6 Å². The molecule has 0 amide bonds. The molecule has 21 heavy (non-hydrogen) atoms. The molecule has 0 aliphatic heterocycles. The largest absolute Gasteiger partial charge is 0.496 e. The van der Waals surface area contributed by atoms with Crippen molar-refractivity contribution < 1.29 is 13.2 Å². The van der Waals surface area contributed by atoms with E-state index in [4.69, 9.17) is 16.3 Å². The maximum Gasteiger partial charge on any atom is 0.244 e. The summed E-state index contributed by atoms with van der Waals surface area (Å²) < 4.78 is 31.6. The molecule has 0 atom stereocenters. The Balaban J connectivity index is 2.32. The van der Waals surface area contributed by atoms with Gasteiger partial charge >= 0.3 is 0 Å². The smallest absolute Gasteiger partial charge is 0.244 e. The molecule has 0 unspecified atom stereocenters. The minimum atomic E-state index is -3.65. The molecule has 4 nitrogen and oxygen atoms in total. The van der Waals surface area contributed by atoms with Crippen LogP contribution in [-0.4, -0.2) is 26.9 Å². The van der Waals surface area contributed by atoms with E-state index in [2.05, 4.69) is 0 Å². The Morgan fingerprint density at radius 2 is 1.71 bits per heavy atom. The molecule has 0 saturated carbocycles. The van der Waals surface area contributed by atoms with Gasteiger partial charge in [-0.05, 0) is 18.2 Å². The van der Waals surface area contributed by atoms with E-state index in [-0.39, 0.29) is 16.5 Å².